The topological polar surface area (TPSA) is 46.3 Å². The maximum absolute atomic E-state index is 10.8. The van der Waals surface area contributed by atoms with Crippen molar-refractivity contribution in [2.75, 3.05) is 13.1 Å². The number of likely N-dealkylation sites (tertiary alicyclic amines) is 1. The van der Waals surface area contributed by atoms with Gasteiger partial charge in [-0.2, -0.15) is 0 Å². The van der Waals surface area contributed by atoms with Crippen molar-refractivity contribution in [1.29, 1.82) is 0 Å². The molecule has 4 heteroatoms. The molecule has 0 atom stereocenters. The van der Waals surface area contributed by atoms with Crippen molar-refractivity contribution in [2.45, 2.75) is 32.7 Å². The van der Waals surface area contributed by atoms with Crippen LogP contribution >= 0.6 is 12.4 Å². The number of primary amides is 1. The van der Waals surface area contributed by atoms with E-state index in [2.05, 4.69) is 18.7 Å². The van der Waals surface area contributed by atoms with E-state index in [4.69, 9.17) is 5.73 Å². The fourth-order valence-electron chi connectivity index (χ4n) is 1.70. The summed E-state index contributed by atoms with van der Waals surface area (Å²) in [5, 5.41) is 0. The molecule has 3 nitrogen and oxygen atoms in total. The van der Waals surface area contributed by atoms with Crippen molar-refractivity contribution in [2.24, 2.45) is 11.7 Å². The van der Waals surface area contributed by atoms with E-state index in [1.807, 2.05) is 0 Å². The van der Waals surface area contributed by atoms with Gasteiger partial charge in [-0.05, 0) is 39.8 Å². The third-order valence-corrected chi connectivity index (χ3v) is 2.66. The number of carbonyl (C=O) groups is 1. The minimum Gasteiger partial charge on any atom is -0.369 e. The monoisotopic (exact) mass is 206 g/mol. The number of piperidine rings is 1. The third kappa shape index (κ3) is 3.53. The first-order valence-corrected chi connectivity index (χ1v) is 4.64. The summed E-state index contributed by atoms with van der Waals surface area (Å²) in [6.45, 7) is 6.41. The van der Waals surface area contributed by atoms with E-state index in [1.165, 1.54) is 0 Å². The van der Waals surface area contributed by atoms with Gasteiger partial charge in [0.25, 0.3) is 0 Å². The smallest absolute Gasteiger partial charge is 0.220 e. The highest BCUT2D eigenvalue weighted by Crippen LogP contribution is 2.17. The van der Waals surface area contributed by atoms with Gasteiger partial charge in [-0.25, -0.2) is 0 Å². The van der Waals surface area contributed by atoms with Crippen LogP contribution in [0.3, 0.4) is 0 Å². The number of hydrogen-bond donors (Lipinski definition) is 1. The van der Waals surface area contributed by atoms with Gasteiger partial charge in [-0.1, -0.05) is 0 Å². The van der Waals surface area contributed by atoms with Gasteiger partial charge in [-0.3, -0.25) is 4.79 Å². The molecule has 78 valence electrons. The number of carbonyl (C=O) groups excluding carboxylic acids is 1. The molecule has 0 radical (unpaired) electrons. The highest BCUT2D eigenvalue weighted by atomic mass is 35.5. The van der Waals surface area contributed by atoms with Crippen molar-refractivity contribution < 1.29 is 4.79 Å². The van der Waals surface area contributed by atoms with E-state index in [0.29, 0.717) is 6.04 Å². The van der Waals surface area contributed by atoms with Crippen LogP contribution in [0, 0.1) is 5.92 Å². The Labute approximate surface area is 86.1 Å². The first-order chi connectivity index (χ1) is 5.61. The number of amides is 1. The van der Waals surface area contributed by atoms with Gasteiger partial charge in [0.2, 0.25) is 5.91 Å². The Balaban J connectivity index is 0.00000144. The number of hydrogen-bond acceptors (Lipinski definition) is 2. The average molecular weight is 207 g/mol. The lowest BCUT2D eigenvalue weighted by atomic mass is 9.95. The van der Waals surface area contributed by atoms with Crippen LogP contribution in [0.25, 0.3) is 0 Å². The maximum Gasteiger partial charge on any atom is 0.220 e. The van der Waals surface area contributed by atoms with Gasteiger partial charge < -0.3 is 10.6 Å². The zero-order chi connectivity index (χ0) is 9.14. The quantitative estimate of drug-likeness (QED) is 0.733. The average Bonchev–Trinajstić information content (AvgIpc) is 2.04. The van der Waals surface area contributed by atoms with Gasteiger partial charge in [0.05, 0.1) is 0 Å². The highest BCUT2D eigenvalue weighted by molar-refractivity contribution is 5.85. The predicted octanol–water partition coefficient (Wildman–Crippen LogP) is 1.01. The van der Waals surface area contributed by atoms with Crippen molar-refractivity contribution in [3.63, 3.8) is 0 Å². The second kappa shape index (κ2) is 5.45. The summed E-state index contributed by atoms with van der Waals surface area (Å²) >= 11 is 0. The molecule has 0 aromatic heterocycles. The van der Waals surface area contributed by atoms with Crippen molar-refractivity contribution in [3.05, 3.63) is 0 Å². The molecule has 0 saturated carbocycles. The Kier molecular flexibility index (Phi) is 5.33. The summed E-state index contributed by atoms with van der Waals surface area (Å²) in [6, 6.07) is 0.596. The number of nitrogens with zero attached hydrogens (tertiary/aromatic N) is 1. The Morgan fingerprint density at radius 3 is 2.15 bits per heavy atom. The fraction of sp³-hybridized carbons (Fsp3) is 0.889. The Morgan fingerprint density at radius 2 is 1.85 bits per heavy atom. The summed E-state index contributed by atoms with van der Waals surface area (Å²) in [5.41, 5.74) is 5.23. The first kappa shape index (κ1) is 12.7. The molecule has 1 saturated heterocycles. The molecular weight excluding hydrogens is 188 g/mol. The molecule has 1 rings (SSSR count). The first-order valence-electron chi connectivity index (χ1n) is 4.64. The molecule has 0 aromatic rings. The lowest BCUT2D eigenvalue weighted by Gasteiger charge is -2.33. The van der Waals surface area contributed by atoms with Crippen LogP contribution in [0.1, 0.15) is 26.7 Å². The summed E-state index contributed by atoms with van der Waals surface area (Å²) in [7, 11) is 0. The third-order valence-electron chi connectivity index (χ3n) is 2.66. The lowest BCUT2D eigenvalue weighted by Crippen LogP contribution is -2.41. The van der Waals surface area contributed by atoms with Crippen LogP contribution in [0.4, 0.5) is 0 Å². The van der Waals surface area contributed by atoms with E-state index in [0.717, 1.165) is 25.9 Å². The summed E-state index contributed by atoms with van der Waals surface area (Å²) in [4.78, 5) is 13.2. The second-order valence-corrected chi connectivity index (χ2v) is 3.81. The van der Waals surface area contributed by atoms with Crippen LogP contribution in [-0.2, 0) is 4.79 Å². The normalized spacial score (nSPS) is 19.9. The number of nitrogens with two attached hydrogens (primary N) is 1. The molecule has 0 spiro atoms. The van der Waals surface area contributed by atoms with Crippen LogP contribution in [0.5, 0.6) is 0 Å². The van der Waals surface area contributed by atoms with Crippen molar-refractivity contribution >= 4 is 18.3 Å². The van der Waals surface area contributed by atoms with Crippen LogP contribution in [0.15, 0.2) is 0 Å². The van der Waals surface area contributed by atoms with E-state index in [-0.39, 0.29) is 24.2 Å². The van der Waals surface area contributed by atoms with Crippen LogP contribution in [-0.4, -0.2) is 29.9 Å². The number of halogens is 1. The molecule has 0 aliphatic carbocycles. The Morgan fingerprint density at radius 1 is 1.38 bits per heavy atom. The van der Waals surface area contributed by atoms with Gasteiger partial charge in [0, 0.05) is 12.0 Å². The van der Waals surface area contributed by atoms with Crippen molar-refractivity contribution in [1.82, 2.24) is 4.90 Å². The standard InChI is InChI=1S/C9H18N2O.ClH/c1-7(2)11-5-3-8(4-6-11)9(10)12;/h7-8H,3-6H2,1-2H3,(H2,10,12);1H. The maximum atomic E-state index is 10.8. The summed E-state index contributed by atoms with van der Waals surface area (Å²) in [5.74, 6) is -0.00148. The van der Waals surface area contributed by atoms with E-state index < -0.39 is 0 Å². The molecular formula is C9H19ClN2O. The predicted molar refractivity (Wildman–Crippen MR) is 55.9 cm³/mol. The molecule has 13 heavy (non-hydrogen) atoms. The Hall–Kier alpha value is -0.280. The zero-order valence-corrected chi connectivity index (χ0v) is 9.14. The minimum absolute atomic E-state index is 0. The fourth-order valence-corrected chi connectivity index (χ4v) is 1.70. The molecule has 1 heterocycles. The molecule has 1 amide bonds. The Bertz CT molecular complexity index is 165. The van der Waals surface area contributed by atoms with E-state index >= 15 is 0 Å². The molecule has 2 N–H and O–H groups in total. The summed E-state index contributed by atoms with van der Waals surface area (Å²) in [6.07, 6.45) is 1.88. The minimum atomic E-state index is -0.126. The van der Waals surface area contributed by atoms with E-state index in [1.54, 1.807) is 0 Å². The lowest BCUT2D eigenvalue weighted by molar-refractivity contribution is -0.123. The van der Waals surface area contributed by atoms with E-state index in [9.17, 15) is 4.79 Å². The van der Waals surface area contributed by atoms with Crippen LogP contribution in [0.2, 0.25) is 0 Å². The molecule has 0 bridgehead atoms. The van der Waals surface area contributed by atoms with Crippen LogP contribution < -0.4 is 5.73 Å². The molecule has 0 unspecified atom stereocenters. The molecule has 1 aliphatic rings. The van der Waals surface area contributed by atoms with Gasteiger partial charge in [0.15, 0.2) is 0 Å². The second-order valence-electron chi connectivity index (χ2n) is 3.81. The van der Waals surface area contributed by atoms with Crippen molar-refractivity contribution in [3.8, 4) is 0 Å². The SMILES string of the molecule is CC(C)N1CCC(C(N)=O)CC1.Cl. The highest BCUT2D eigenvalue weighted by Gasteiger charge is 2.23. The number of rotatable bonds is 2. The van der Waals surface area contributed by atoms with Gasteiger partial charge in [-0.15, -0.1) is 12.4 Å². The largest absolute Gasteiger partial charge is 0.369 e. The summed E-state index contributed by atoms with van der Waals surface area (Å²) < 4.78 is 0. The molecule has 1 fully saturated rings. The van der Waals surface area contributed by atoms with Gasteiger partial charge in [0.1, 0.15) is 0 Å². The molecule has 0 aromatic carbocycles. The zero-order valence-electron chi connectivity index (χ0n) is 8.32. The molecule has 1 aliphatic heterocycles. The van der Waals surface area contributed by atoms with Gasteiger partial charge >= 0.3 is 0 Å².